The van der Waals surface area contributed by atoms with E-state index < -0.39 is 0 Å². The third-order valence-corrected chi connectivity index (χ3v) is 4.08. The molecule has 1 aromatic rings. The molecule has 2 rings (SSSR count). The van der Waals surface area contributed by atoms with E-state index in [0.29, 0.717) is 0 Å². The molecule has 0 spiro atoms. The molecule has 19 heavy (non-hydrogen) atoms. The van der Waals surface area contributed by atoms with E-state index in [0.717, 1.165) is 57.9 Å². The number of hydrogen-bond acceptors (Lipinski definition) is 4. The smallest absolute Gasteiger partial charge is 0.0883 e. The summed E-state index contributed by atoms with van der Waals surface area (Å²) in [5, 5.41) is 8.54. The first-order chi connectivity index (χ1) is 9.12. The van der Waals surface area contributed by atoms with Gasteiger partial charge in [-0.2, -0.15) is 0 Å². The molecule has 1 aliphatic rings. The summed E-state index contributed by atoms with van der Waals surface area (Å²) in [5.74, 6) is 0. The van der Waals surface area contributed by atoms with Gasteiger partial charge < -0.3 is 4.74 Å². The van der Waals surface area contributed by atoms with E-state index in [-0.39, 0.29) is 5.41 Å². The van der Waals surface area contributed by atoms with Crippen LogP contribution in [0.3, 0.4) is 0 Å². The molecule has 0 N–H and O–H groups in total. The molecule has 5 nitrogen and oxygen atoms in total. The van der Waals surface area contributed by atoms with Crippen LogP contribution < -0.4 is 0 Å². The SMILES string of the molecule is CCC(C)(C)c1cn(CCCN2CCOCC2)nn1. The van der Waals surface area contributed by atoms with Gasteiger partial charge in [-0.05, 0) is 12.8 Å². The molecule has 0 atom stereocenters. The fourth-order valence-electron chi connectivity index (χ4n) is 2.18. The van der Waals surface area contributed by atoms with Gasteiger partial charge in [0.15, 0.2) is 0 Å². The Morgan fingerprint density at radius 2 is 2.00 bits per heavy atom. The van der Waals surface area contributed by atoms with Crippen LogP contribution in [-0.4, -0.2) is 52.7 Å². The van der Waals surface area contributed by atoms with E-state index in [1.807, 2.05) is 4.68 Å². The van der Waals surface area contributed by atoms with Crippen molar-refractivity contribution in [3.8, 4) is 0 Å². The minimum absolute atomic E-state index is 0.127. The summed E-state index contributed by atoms with van der Waals surface area (Å²) in [5.41, 5.74) is 1.23. The number of ether oxygens (including phenoxy) is 1. The number of nitrogens with zero attached hydrogens (tertiary/aromatic N) is 4. The Labute approximate surface area is 115 Å². The molecule has 1 fully saturated rings. The summed E-state index contributed by atoms with van der Waals surface area (Å²) in [7, 11) is 0. The van der Waals surface area contributed by atoms with Gasteiger partial charge in [0.05, 0.1) is 18.9 Å². The second kappa shape index (κ2) is 6.48. The van der Waals surface area contributed by atoms with E-state index >= 15 is 0 Å². The summed E-state index contributed by atoms with van der Waals surface area (Å²) in [6, 6.07) is 0. The van der Waals surface area contributed by atoms with Crippen molar-refractivity contribution in [3.05, 3.63) is 11.9 Å². The molecule has 1 aliphatic heterocycles. The van der Waals surface area contributed by atoms with Crippen molar-refractivity contribution in [1.29, 1.82) is 0 Å². The van der Waals surface area contributed by atoms with Crippen molar-refractivity contribution in [1.82, 2.24) is 19.9 Å². The lowest BCUT2D eigenvalue weighted by atomic mass is 9.87. The van der Waals surface area contributed by atoms with Crippen LogP contribution in [0.2, 0.25) is 0 Å². The molecule has 0 bridgehead atoms. The first kappa shape index (κ1) is 14.5. The van der Waals surface area contributed by atoms with Crippen molar-refractivity contribution in [3.63, 3.8) is 0 Å². The number of hydrogen-bond donors (Lipinski definition) is 0. The van der Waals surface area contributed by atoms with Gasteiger partial charge >= 0.3 is 0 Å². The Morgan fingerprint density at radius 1 is 1.26 bits per heavy atom. The van der Waals surface area contributed by atoms with Crippen molar-refractivity contribution in [2.24, 2.45) is 0 Å². The Kier molecular flexibility index (Phi) is 4.93. The Morgan fingerprint density at radius 3 is 2.68 bits per heavy atom. The summed E-state index contributed by atoms with van der Waals surface area (Å²) in [6.45, 7) is 12.6. The zero-order chi connectivity index (χ0) is 13.7. The zero-order valence-electron chi connectivity index (χ0n) is 12.4. The third kappa shape index (κ3) is 4.01. The summed E-state index contributed by atoms with van der Waals surface area (Å²) < 4.78 is 7.33. The van der Waals surface area contributed by atoms with Gasteiger partial charge in [-0.15, -0.1) is 5.10 Å². The second-order valence-corrected chi connectivity index (χ2v) is 5.91. The lowest BCUT2D eigenvalue weighted by molar-refractivity contribution is 0.0368. The molecular formula is C14H26N4O. The normalized spacial score (nSPS) is 17.8. The highest BCUT2D eigenvalue weighted by atomic mass is 16.5. The van der Waals surface area contributed by atoms with Gasteiger partial charge in [0.2, 0.25) is 0 Å². The minimum Gasteiger partial charge on any atom is -0.379 e. The quantitative estimate of drug-likeness (QED) is 0.786. The number of morpholine rings is 1. The van der Waals surface area contributed by atoms with Gasteiger partial charge in [0.1, 0.15) is 0 Å². The maximum atomic E-state index is 5.35. The number of aryl methyl sites for hydroxylation is 1. The van der Waals surface area contributed by atoms with Crippen molar-refractivity contribution >= 4 is 0 Å². The highest BCUT2D eigenvalue weighted by molar-refractivity contribution is 5.07. The molecule has 0 radical (unpaired) electrons. The fraction of sp³-hybridized carbons (Fsp3) is 0.857. The van der Waals surface area contributed by atoms with Crippen LogP contribution >= 0.6 is 0 Å². The van der Waals surface area contributed by atoms with Gasteiger partial charge in [0.25, 0.3) is 0 Å². The molecule has 0 aromatic carbocycles. The van der Waals surface area contributed by atoms with E-state index in [2.05, 4.69) is 42.2 Å². The van der Waals surface area contributed by atoms with Crippen LogP contribution in [0, 0.1) is 0 Å². The highest BCUT2D eigenvalue weighted by Gasteiger charge is 2.21. The molecule has 0 saturated carbocycles. The third-order valence-electron chi connectivity index (χ3n) is 4.08. The maximum absolute atomic E-state index is 5.35. The fourth-order valence-corrected chi connectivity index (χ4v) is 2.18. The topological polar surface area (TPSA) is 43.2 Å². The van der Waals surface area contributed by atoms with Crippen LogP contribution in [0.15, 0.2) is 6.20 Å². The van der Waals surface area contributed by atoms with Gasteiger partial charge in [-0.1, -0.05) is 26.0 Å². The predicted molar refractivity (Wildman–Crippen MR) is 75.2 cm³/mol. The molecule has 108 valence electrons. The Balaban J connectivity index is 1.77. The number of aromatic nitrogens is 3. The van der Waals surface area contributed by atoms with Crippen molar-refractivity contribution in [2.75, 3.05) is 32.8 Å². The van der Waals surface area contributed by atoms with Crippen LogP contribution in [-0.2, 0) is 16.7 Å². The number of rotatable bonds is 6. The first-order valence-corrected chi connectivity index (χ1v) is 7.32. The highest BCUT2D eigenvalue weighted by Crippen LogP contribution is 2.23. The predicted octanol–water partition coefficient (Wildman–Crippen LogP) is 1.69. The van der Waals surface area contributed by atoms with Gasteiger partial charge in [-0.25, -0.2) is 0 Å². The molecule has 0 aliphatic carbocycles. The molecular weight excluding hydrogens is 240 g/mol. The second-order valence-electron chi connectivity index (χ2n) is 5.91. The zero-order valence-corrected chi connectivity index (χ0v) is 12.4. The molecule has 1 saturated heterocycles. The van der Waals surface area contributed by atoms with Gasteiger partial charge in [0, 0.05) is 37.8 Å². The Hall–Kier alpha value is -0.940. The first-order valence-electron chi connectivity index (χ1n) is 7.32. The van der Waals surface area contributed by atoms with E-state index in [9.17, 15) is 0 Å². The lowest BCUT2D eigenvalue weighted by Crippen LogP contribution is -2.37. The Bertz CT molecular complexity index is 383. The molecule has 0 amide bonds. The van der Waals surface area contributed by atoms with Crippen LogP contribution in [0.1, 0.15) is 39.3 Å². The molecule has 0 unspecified atom stereocenters. The van der Waals surface area contributed by atoms with Crippen molar-refractivity contribution in [2.45, 2.75) is 45.6 Å². The van der Waals surface area contributed by atoms with E-state index in [1.54, 1.807) is 0 Å². The summed E-state index contributed by atoms with van der Waals surface area (Å²) in [4.78, 5) is 2.46. The largest absolute Gasteiger partial charge is 0.379 e. The molecule has 2 heterocycles. The summed E-state index contributed by atoms with van der Waals surface area (Å²) in [6.07, 6.45) is 4.30. The molecule has 1 aromatic heterocycles. The standard InChI is InChI=1S/C14H26N4O/c1-4-14(2,3)13-12-18(16-15-13)7-5-6-17-8-10-19-11-9-17/h12H,4-11H2,1-3H3. The van der Waals surface area contributed by atoms with Gasteiger partial charge in [-0.3, -0.25) is 9.58 Å². The summed E-state index contributed by atoms with van der Waals surface area (Å²) >= 11 is 0. The monoisotopic (exact) mass is 266 g/mol. The minimum atomic E-state index is 0.127. The van der Waals surface area contributed by atoms with Crippen LogP contribution in [0.4, 0.5) is 0 Å². The lowest BCUT2D eigenvalue weighted by Gasteiger charge is -2.26. The molecule has 5 heteroatoms. The average molecular weight is 266 g/mol. The van der Waals surface area contributed by atoms with Crippen LogP contribution in [0.25, 0.3) is 0 Å². The van der Waals surface area contributed by atoms with Crippen molar-refractivity contribution < 1.29 is 4.74 Å². The van der Waals surface area contributed by atoms with E-state index in [1.165, 1.54) is 0 Å². The van der Waals surface area contributed by atoms with Crippen LogP contribution in [0.5, 0.6) is 0 Å². The van der Waals surface area contributed by atoms with E-state index in [4.69, 9.17) is 4.74 Å². The maximum Gasteiger partial charge on any atom is 0.0883 e. The average Bonchev–Trinajstić information content (AvgIpc) is 2.90.